The van der Waals surface area contributed by atoms with Gasteiger partial charge in [-0.25, -0.2) is 0 Å². The molecule has 0 aliphatic carbocycles. The quantitative estimate of drug-likeness (QED) is 0.167. The first-order valence-electron chi connectivity index (χ1n) is 28.0. The van der Waals surface area contributed by atoms with E-state index in [1.807, 2.05) is 37.5 Å². The lowest BCUT2D eigenvalue weighted by molar-refractivity contribution is -0.118. The van der Waals surface area contributed by atoms with E-state index in [0.717, 1.165) is 118 Å². The zero-order valence-corrected chi connectivity index (χ0v) is 50.3. The highest BCUT2D eigenvalue weighted by atomic mass is 16.2. The summed E-state index contributed by atoms with van der Waals surface area (Å²) >= 11 is 0. The summed E-state index contributed by atoms with van der Waals surface area (Å²) in [5, 5.41) is 6.23. The van der Waals surface area contributed by atoms with Gasteiger partial charge in [0.2, 0.25) is 0 Å². The molecule has 0 radical (unpaired) electrons. The van der Waals surface area contributed by atoms with Crippen molar-refractivity contribution in [2.45, 2.75) is 245 Å². The number of nitrogens with zero attached hydrogens (tertiary/aromatic N) is 4. The molecule has 1 aromatic carbocycles. The van der Waals surface area contributed by atoms with Crippen molar-refractivity contribution in [2.75, 3.05) is 36.8 Å². The van der Waals surface area contributed by atoms with Crippen molar-refractivity contribution in [3.63, 3.8) is 0 Å². The maximum absolute atomic E-state index is 13.5. The highest BCUT2D eigenvalue weighted by Gasteiger charge is 2.39. The van der Waals surface area contributed by atoms with E-state index in [2.05, 4.69) is 181 Å². The normalized spacial score (nSPS) is 19.9. The summed E-state index contributed by atoms with van der Waals surface area (Å²) in [7, 11) is 0. The van der Waals surface area contributed by atoms with E-state index < -0.39 is 0 Å². The van der Waals surface area contributed by atoms with Crippen molar-refractivity contribution in [3.05, 3.63) is 70.9 Å². The third kappa shape index (κ3) is 16.8. The molecular weight excluding hydrogens is 905 g/mol. The number of hydrogen-bond donors (Lipinski definition) is 2. The van der Waals surface area contributed by atoms with Crippen LogP contribution in [0.3, 0.4) is 0 Å². The van der Waals surface area contributed by atoms with Gasteiger partial charge in [0.1, 0.15) is 0 Å². The number of aryl methyl sites for hydroxylation is 1. The Kier molecular flexibility index (Phi) is 19.5. The van der Waals surface area contributed by atoms with Crippen LogP contribution < -0.4 is 10.6 Å². The van der Waals surface area contributed by atoms with Crippen molar-refractivity contribution in [1.82, 2.24) is 19.6 Å². The molecule has 5 rings (SSSR count). The summed E-state index contributed by atoms with van der Waals surface area (Å²) in [6.07, 6.45) is 19.9. The molecule has 4 aliphatic rings. The van der Waals surface area contributed by atoms with E-state index in [1.165, 1.54) is 0 Å². The molecule has 0 saturated heterocycles. The highest BCUT2D eigenvalue weighted by Crippen LogP contribution is 2.42. The molecule has 0 aromatic heterocycles. The van der Waals surface area contributed by atoms with Gasteiger partial charge in [-0.3, -0.25) is 19.2 Å². The van der Waals surface area contributed by atoms with E-state index >= 15 is 0 Å². The molecule has 4 heterocycles. The van der Waals surface area contributed by atoms with Gasteiger partial charge in [-0.2, -0.15) is 0 Å². The predicted octanol–water partition coefficient (Wildman–Crippen LogP) is 14.8. The third-order valence-electron chi connectivity index (χ3n) is 16.3. The van der Waals surface area contributed by atoms with Gasteiger partial charge in [-0.05, 0) is 168 Å². The fraction of sp³-hybridized carbons (Fsp3) is 0.714. The van der Waals surface area contributed by atoms with E-state index in [9.17, 15) is 19.2 Å². The summed E-state index contributed by atoms with van der Waals surface area (Å²) in [5.41, 5.74) is 5.41. The van der Waals surface area contributed by atoms with Gasteiger partial charge in [-0.1, -0.05) is 87.1 Å². The number of nitrogens with one attached hydrogen (secondary N) is 2. The number of hydrogen-bond acceptors (Lipinski definition) is 8. The second-order valence-electron chi connectivity index (χ2n) is 28.6. The molecule has 1 aromatic rings. The highest BCUT2D eigenvalue weighted by molar-refractivity contribution is 6.07. The average molecular weight is 1010 g/mol. The van der Waals surface area contributed by atoms with Crippen molar-refractivity contribution >= 4 is 34.8 Å². The molecule has 0 atom stereocenters. The molecule has 0 unspecified atom stereocenters. The van der Waals surface area contributed by atoms with Crippen LogP contribution in [0.4, 0.5) is 11.4 Å². The summed E-state index contributed by atoms with van der Waals surface area (Å²) < 4.78 is 0. The van der Waals surface area contributed by atoms with Gasteiger partial charge in [-0.15, -0.1) is 0 Å². The lowest BCUT2D eigenvalue weighted by Gasteiger charge is -2.43. The van der Waals surface area contributed by atoms with Crippen LogP contribution in [0.5, 0.6) is 0 Å². The lowest BCUT2D eigenvalue weighted by Crippen LogP contribution is -2.45. The van der Waals surface area contributed by atoms with Crippen LogP contribution in [0.2, 0.25) is 0 Å². The minimum absolute atomic E-state index is 0.0301. The SMILES string of the molecule is CC1(C)CCN(C(C)(C)C)C=C1C(=O)CCCCCCCCC(=O)C1=CN(C(C)(C)C)CCC1(C)C.Cc1ccc(NC(=O)C2=CN(C(C)(C)C)CCC2(C)C)cc1NC(=O)C1=CN(C(C)(C)C)CCC1(C)C. The van der Waals surface area contributed by atoms with Gasteiger partial charge in [0, 0.05) is 120 Å². The summed E-state index contributed by atoms with van der Waals surface area (Å²) in [6.45, 7) is 49.5. The summed E-state index contributed by atoms with van der Waals surface area (Å²) in [5.74, 6) is 0.457. The average Bonchev–Trinajstić information content (AvgIpc) is 3.23. The van der Waals surface area contributed by atoms with E-state index in [4.69, 9.17) is 0 Å². The van der Waals surface area contributed by atoms with Gasteiger partial charge < -0.3 is 30.2 Å². The van der Waals surface area contributed by atoms with Gasteiger partial charge in [0.15, 0.2) is 11.6 Å². The standard InChI is InChI=1S/C32H56N2O2.C31H48N4O2/c1-29(2,3)33-21-19-31(7,8)25(23-33)27(35)17-15-13-11-12-14-16-18-28(36)26-24-34(30(4,5)6)22-20-32(26,9)10;1-21-12-13-22(32-26(36)23-19-34(28(2,3)4)16-14-30(23,8)9)18-25(21)33-27(37)24-20-35(29(5,6)7)17-15-31(24,10)11/h23-24H,11-22H2,1-10H3;12-13,18-20H,14-17H2,1-11H3,(H,32,36)(H,33,37). The molecule has 2 N–H and O–H groups in total. The third-order valence-corrected chi connectivity index (χ3v) is 16.3. The molecule has 0 saturated carbocycles. The van der Waals surface area contributed by atoms with Crippen LogP contribution in [0.25, 0.3) is 0 Å². The smallest absolute Gasteiger partial charge is 0.253 e. The number of allylic oxidation sites excluding steroid dienone is 2. The Bertz CT molecular complexity index is 2190. The number of amides is 2. The molecule has 0 fully saturated rings. The summed E-state index contributed by atoms with van der Waals surface area (Å²) in [6, 6.07) is 5.70. The Hall–Kier alpha value is -4.34. The minimum Gasteiger partial charge on any atom is -0.372 e. The van der Waals surface area contributed by atoms with Crippen LogP contribution in [0, 0.1) is 28.6 Å². The number of ketones is 2. The van der Waals surface area contributed by atoms with Gasteiger partial charge in [0.05, 0.1) is 0 Å². The number of anilines is 2. The van der Waals surface area contributed by atoms with Gasteiger partial charge >= 0.3 is 0 Å². The first-order valence-corrected chi connectivity index (χ1v) is 28.0. The van der Waals surface area contributed by atoms with Gasteiger partial charge in [0.25, 0.3) is 11.8 Å². The topological polar surface area (TPSA) is 105 Å². The van der Waals surface area contributed by atoms with Crippen LogP contribution in [-0.4, -0.2) is 91.3 Å². The number of rotatable bonds is 15. The number of carbonyl (C=O) groups excluding carboxylic acids is 4. The zero-order valence-electron chi connectivity index (χ0n) is 50.3. The molecular formula is C63H104N6O4. The molecule has 0 spiro atoms. The van der Waals surface area contributed by atoms with Crippen LogP contribution >= 0.6 is 0 Å². The summed E-state index contributed by atoms with van der Waals surface area (Å²) in [4.78, 5) is 62.2. The van der Waals surface area contributed by atoms with Crippen LogP contribution in [0.1, 0.15) is 221 Å². The van der Waals surface area contributed by atoms with Crippen LogP contribution in [0.15, 0.2) is 65.3 Å². The van der Waals surface area contributed by atoms with Crippen LogP contribution in [-0.2, 0) is 19.2 Å². The maximum atomic E-state index is 13.5. The number of Topliss-reactive ketones (excluding diaryl/α,β-unsaturated/α-hetero) is 2. The Balaban J connectivity index is 0.000000317. The second-order valence-corrected chi connectivity index (χ2v) is 28.6. The number of carbonyl (C=O) groups is 4. The number of unbranched alkanes of at least 4 members (excludes halogenated alkanes) is 5. The first-order chi connectivity index (χ1) is 33.3. The van der Waals surface area contributed by atoms with Crippen molar-refractivity contribution in [1.29, 1.82) is 0 Å². The first kappa shape index (κ1) is 61.2. The molecule has 4 aliphatic heterocycles. The van der Waals surface area contributed by atoms with Crippen molar-refractivity contribution < 1.29 is 19.2 Å². The lowest BCUT2D eigenvalue weighted by atomic mass is 9.75. The number of benzene rings is 1. The Morgan fingerprint density at radius 3 is 1.05 bits per heavy atom. The maximum Gasteiger partial charge on any atom is 0.253 e. The molecule has 73 heavy (non-hydrogen) atoms. The fourth-order valence-corrected chi connectivity index (χ4v) is 10.2. The molecule has 0 bridgehead atoms. The Morgan fingerprint density at radius 2 is 0.726 bits per heavy atom. The monoisotopic (exact) mass is 1010 g/mol. The molecule has 410 valence electrons. The predicted molar refractivity (Wildman–Crippen MR) is 307 cm³/mol. The fourth-order valence-electron chi connectivity index (χ4n) is 10.2. The largest absolute Gasteiger partial charge is 0.372 e. The minimum atomic E-state index is -0.219. The molecule has 10 nitrogen and oxygen atoms in total. The van der Waals surface area contributed by atoms with Crippen molar-refractivity contribution in [3.8, 4) is 0 Å². The van der Waals surface area contributed by atoms with E-state index in [1.54, 1.807) is 0 Å². The van der Waals surface area contributed by atoms with E-state index in [0.29, 0.717) is 35.8 Å². The second kappa shape index (κ2) is 23.3. The van der Waals surface area contributed by atoms with E-state index in [-0.39, 0.29) is 55.6 Å². The van der Waals surface area contributed by atoms with Crippen molar-refractivity contribution in [2.24, 2.45) is 21.7 Å². The Morgan fingerprint density at radius 1 is 0.438 bits per heavy atom. The Labute approximate surface area is 445 Å². The molecule has 2 amide bonds. The zero-order chi connectivity index (χ0) is 55.3. The molecule has 10 heteroatoms.